The number of para-hydroxylation sites is 1. The van der Waals surface area contributed by atoms with Crippen LogP contribution in [-0.2, 0) is 11.2 Å². The Morgan fingerprint density at radius 2 is 1.76 bits per heavy atom. The van der Waals surface area contributed by atoms with Crippen molar-refractivity contribution in [2.24, 2.45) is 0 Å². The van der Waals surface area contributed by atoms with Gasteiger partial charge in [-0.05, 0) is 44.0 Å². The molecule has 0 fully saturated rings. The Morgan fingerprint density at radius 1 is 1.08 bits per heavy atom. The molecule has 2 aromatic carbocycles. The van der Waals surface area contributed by atoms with E-state index >= 15 is 0 Å². The number of ether oxygens (including phenoxy) is 1. The van der Waals surface area contributed by atoms with Crippen molar-refractivity contribution in [1.82, 2.24) is 5.32 Å². The Kier molecular flexibility index (Phi) is 6.87. The van der Waals surface area contributed by atoms with Crippen molar-refractivity contribution in [2.45, 2.75) is 45.7 Å². The van der Waals surface area contributed by atoms with Crippen LogP contribution in [0.3, 0.4) is 0 Å². The van der Waals surface area contributed by atoms with Crippen molar-refractivity contribution in [3.63, 3.8) is 0 Å². The third-order valence-corrected chi connectivity index (χ3v) is 4.23. The topological polar surface area (TPSA) is 50.4 Å². The Labute approximate surface area is 150 Å². The largest absolute Gasteiger partial charge is 0.496 e. The van der Waals surface area contributed by atoms with Crippen LogP contribution in [0, 0.1) is 0 Å². The van der Waals surface area contributed by atoms with Crippen molar-refractivity contribution in [3.05, 3.63) is 59.7 Å². The van der Waals surface area contributed by atoms with Gasteiger partial charge in [-0.15, -0.1) is 0 Å². The van der Waals surface area contributed by atoms with Crippen molar-refractivity contribution in [3.8, 4) is 5.75 Å². The lowest BCUT2D eigenvalue weighted by Crippen LogP contribution is -2.38. The van der Waals surface area contributed by atoms with Gasteiger partial charge in [0, 0.05) is 11.3 Å². The molecule has 0 spiro atoms. The molecule has 1 amide bonds. The predicted octanol–water partition coefficient (Wildman–Crippen LogP) is 4.33. The third kappa shape index (κ3) is 5.24. The van der Waals surface area contributed by atoms with Crippen LogP contribution in [0.25, 0.3) is 0 Å². The standard InChI is InChI=1S/C21H28N2O2/c1-5-8-17-11-13-18(14-12-17)22-16(3)21(24)23-15(2)19-9-6-7-10-20(19)25-4/h6-7,9-16,22H,5,8H2,1-4H3,(H,23,24). The maximum absolute atomic E-state index is 12.5. The molecule has 25 heavy (non-hydrogen) atoms. The summed E-state index contributed by atoms with van der Waals surface area (Å²) in [5.41, 5.74) is 3.23. The van der Waals surface area contributed by atoms with Crippen molar-refractivity contribution in [2.75, 3.05) is 12.4 Å². The molecular weight excluding hydrogens is 312 g/mol. The zero-order valence-electron chi connectivity index (χ0n) is 15.5. The average Bonchev–Trinajstić information content (AvgIpc) is 2.63. The van der Waals surface area contributed by atoms with E-state index in [-0.39, 0.29) is 18.0 Å². The van der Waals surface area contributed by atoms with Crippen LogP contribution in [0.5, 0.6) is 5.75 Å². The number of rotatable bonds is 8. The highest BCUT2D eigenvalue weighted by Crippen LogP contribution is 2.24. The minimum Gasteiger partial charge on any atom is -0.496 e. The molecule has 0 saturated heterocycles. The molecule has 4 heteroatoms. The summed E-state index contributed by atoms with van der Waals surface area (Å²) < 4.78 is 5.37. The summed E-state index contributed by atoms with van der Waals surface area (Å²) >= 11 is 0. The van der Waals surface area contributed by atoms with Crippen molar-refractivity contribution >= 4 is 11.6 Å². The van der Waals surface area contributed by atoms with Crippen LogP contribution in [0.2, 0.25) is 0 Å². The van der Waals surface area contributed by atoms with Crippen LogP contribution in [-0.4, -0.2) is 19.1 Å². The Morgan fingerprint density at radius 3 is 2.40 bits per heavy atom. The van der Waals surface area contributed by atoms with E-state index in [4.69, 9.17) is 4.74 Å². The van der Waals surface area contributed by atoms with E-state index in [1.807, 2.05) is 50.2 Å². The Bertz CT molecular complexity index is 683. The number of hydrogen-bond donors (Lipinski definition) is 2. The molecule has 0 saturated carbocycles. The molecule has 134 valence electrons. The van der Waals surface area contributed by atoms with E-state index < -0.39 is 0 Å². The number of methoxy groups -OCH3 is 1. The molecule has 0 aromatic heterocycles. The average molecular weight is 340 g/mol. The maximum atomic E-state index is 12.5. The fourth-order valence-corrected chi connectivity index (χ4v) is 2.81. The first-order chi connectivity index (χ1) is 12.0. The zero-order valence-corrected chi connectivity index (χ0v) is 15.5. The van der Waals surface area contributed by atoms with Crippen LogP contribution in [0.15, 0.2) is 48.5 Å². The van der Waals surface area contributed by atoms with Gasteiger partial charge in [-0.3, -0.25) is 4.79 Å². The number of benzene rings is 2. The van der Waals surface area contributed by atoms with Gasteiger partial charge < -0.3 is 15.4 Å². The molecule has 2 unspecified atom stereocenters. The second kappa shape index (κ2) is 9.11. The van der Waals surface area contributed by atoms with Gasteiger partial charge in [0.15, 0.2) is 0 Å². The van der Waals surface area contributed by atoms with Crippen molar-refractivity contribution < 1.29 is 9.53 Å². The summed E-state index contributed by atoms with van der Waals surface area (Å²) in [5, 5.41) is 6.29. The summed E-state index contributed by atoms with van der Waals surface area (Å²) in [6, 6.07) is 15.5. The van der Waals surface area contributed by atoms with Gasteiger partial charge >= 0.3 is 0 Å². The maximum Gasteiger partial charge on any atom is 0.242 e. The van der Waals surface area contributed by atoms with Crippen molar-refractivity contribution in [1.29, 1.82) is 0 Å². The third-order valence-electron chi connectivity index (χ3n) is 4.23. The zero-order chi connectivity index (χ0) is 18.2. The monoisotopic (exact) mass is 340 g/mol. The fourth-order valence-electron chi connectivity index (χ4n) is 2.81. The van der Waals surface area contributed by atoms with E-state index in [2.05, 4.69) is 29.7 Å². The molecule has 0 radical (unpaired) electrons. The number of carbonyl (C=O) groups excluding carboxylic acids is 1. The van der Waals surface area contributed by atoms with Gasteiger partial charge in [0.05, 0.1) is 13.2 Å². The second-order valence-electron chi connectivity index (χ2n) is 6.29. The van der Waals surface area contributed by atoms with Gasteiger partial charge in [-0.2, -0.15) is 0 Å². The number of amides is 1. The first-order valence-corrected chi connectivity index (χ1v) is 8.84. The lowest BCUT2D eigenvalue weighted by molar-refractivity contribution is -0.122. The summed E-state index contributed by atoms with van der Waals surface area (Å²) in [7, 11) is 1.64. The minimum atomic E-state index is -0.325. The lowest BCUT2D eigenvalue weighted by atomic mass is 10.1. The number of nitrogens with one attached hydrogen (secondary N) is 2. The van der Waals surface area contributed by atoms with E-state index in [0.29, 0.717) is 0 Å². The van der Waals surface area contributed by atoms with Crippen LogP contribution in [0.4, 0.5) is 5.69 Å². The SMILES string of the molecule is CCCc1ccc(NC(C)C(=O)NC(C)c2ccccc2OC)cc1. The molecule has 0 bridgehead atoms. The number of anilines is 1. The molecule has 2 atom stereocenters. The van der Waals surface area contributed by atoms with Gasteiger partial charge in [0.2, 0.25) is 5.91 Å². The predicted molar refractivity (Wildman–Crippen MR) is 103 cm³/mol. The van der Waals surface area contributed by atoms with Gasteiger partial charge in [-0.25, -0.2) is 0 Å². The first-order valence-electron chi connectivity index (χ1n) is 8.84. The molecule has 2 rings (SSSR count). The molecule has 4 nitrogen and oxygen atoms in total. The Balaban J connectivity index is 1.95. The summed E-state index contributed by atoms with van der Waals surface area (Å²) in [4.78, 5) is 12.5. The van der Waals surface area contributed by atoms with Crippen LogP contribution >= 0.6 is 0 Å². The van der Waals surface area contributed by atoms with Crippen LogP contribution < -0.4 is 15.4 Å². The summed E-state index contributed by atoms with van der Waals surface area (Å²) in [6.07, 6.45) is 2.21. The molecule has 2 aromatic rings. The highest BCUT2D eigenvalue weighted by molar-refractivity contribution is 5.84. The lowest BCUT2D eigenvalue weighted by Gasteiger charge is -2.21. The van der Waals surface area contributed by atoms with Gasteiger partial charge in [0.25, 0.3) is 0 Å². The molecule has 0 aliphatic rings. The van der Waals surface area contributed by atoms with Gasteiger partial charge in [0.1, 0.15) is 11.8 Å². The quantitative estimate of drug-likeness (QED) is 0.752. The normalized spacial score (nSPS) is 13.0. The van der Waals surface area contributed by atoms with Crippen LogP contribution in [0.1, 0.15) is 44.4 Å². The highest BCUT2D eigenvalue weighted by Gasteiger charge is 2.18. The van der Waals surface area contributed by atoms with E-state index in [9.17, 15) is 4.79 Å². The van der Waals surface area contributed by atoms with Gasteiger partial charge in [-0.1, -0.05) is 43.7 Å². The smallest absolute Gasteiger partial charge is 0.242 e. The first kappa shape index (κ1) is 18.8. The summed E-state index contributed by atoms with van der Waals surface area (Å²) in [5.74, 6) is 0.735. The summed E-state index contributed by atoms with van der Waals surface area (Å²) in [6.45, 7) is 5.99. The molecule has 0 aliphatic heterocycles. The number of aryl methyl sites for hydroxylation is 1. The van der Waals surface area contributed by atoms with E-state index in [1.54, 1.807) is 7.11 Å². The second-order valence-corrected chi connectivity index (χ2v) is 6.29. The van der Waals surface area contributed by atoms with E-state index in [1.165, 1.54) is 5.56 Å². The van der Waals surface area contributed by atoms with E-state index in [0.717, 1.165) is 29.8 Å². The molecule has 2 N–H and O–H groups in total. The fraction of sp³-hybridized carbons (Fsp3) is 0.381. The molecule has 0 aliphatic carbocycles. The molecular formula is C21H28N2O2. The highest BCUT2D eigenvalue weighted by atomic mass is 16.5. The Hall–Kier alpha value is -2.49. The number of carbonyl (C=O) groups is 1. The minimum absolute atomic E-state index is 0.0453. The number of hydrogen-bond acceptors (Lipinski definition) is 3. The molecule has 0 heterocycles.